The smallest absolute Gasteiger partial charge is 0.313 e. The molecular weight excluding hydrogens is 368 g/mol. The van der Waals surface area contributed by atoms with Gasteiger partial charge in [0.25, 0.3) is 5.91 Å². The summed E-state index contributed by atoms with van der Waals surface area (Å²) >= 11 is 5.97. The number of halogens is 1. The van der Waals surface area contributed by atoms with Gasteiger partial charge in [-0.3, -0.25) is 9.59 Å². The first kappa shape index (κ1) is 18.7. The van der Waals surface area contributed by atoms with Crippen molar-refractivity contribution in [2.45, 2.75) is 12.8 Å². The maximum atomic E-state index is 12.2. The van der Waals surface area contributed by atoms with Gasteiger partial charge in [-0.25, -0.2) is 0 Å². The van der Waals surface area contributed by atoms with Crippen molar-refractivity contribution >= 4 is 29.2 Å². The average molecular weight is 385 g/mol. The van der Waals surface area contributed by atoms with E-state index in [4.69, 9.17) is 26.3 Å². The zero-order chi connectivity index (χ0) is 19.2. The fourth-order valence-electron chi connectivity index (χ4n) is 2.76. The van der Waals surface area contributed by atoms with Crippen LogP contribution in [-0.4, -0.2) is 25.1 Å². The van der Waals surface area contributed by atoms with Crippen molar-refractivity contribution in [3.8, 4) is 11.8 Å². The molecule has 0 aliphatic carbocycles. The third-order valence-electron chi connectivity index (χ3n) is 4.13. The van der Waals surface area contributed by atoms with Gasteiger partial charge in [-0.2, -0.15) is 5.26 Å². The Labute approximate surface area is 161 Å². The van der Waals surface area contributed by atoms with Crippen LogP contribution in [0.5, 0.6) is 5.75 Å². The summed E-state index contributed by atoms with van der Waals surface area (Å²) in [5.74, 6) is -0.688. The normalized spacial score (nSPS) is 15.0. The van der Waals surface area contributed by atoms with Crippen LogP contribution in [-0.2, 0) is 27.2 Å². The van der Waals surface area contributed by atoms with Crippen molar-refractivity contribution < 1.29 is 19.1 Å². The van der Waals surface area contributed by atoms with Crippen LogP contribution in [0.3, 0.4) is 0 Å². The molecule has 27 heavy (non-hydrogen) atoms. The third kappa shape index (κ3) is 4.99. The van der Waals surface area contributed by atoms with Crippen molar-refractivity contribution in [3.63, 3.8) is 0 Å². The monoisotopic (exact) mass is 384 g/mol. The molecule has 2 aromatic rings. The molecule has 1 aliphatic heterocycles. The number of amides is 1. The van der Waals surface area contributed by atoms with E-state index >= 15 is 0 Å². The number of anilines is 1. The number of fused-ring (bicyclic) bond motifs is 1. The van der Waals surface area contributed by atoms with Crippen LogP contribution in [0.4, 0.5) is 5.69 Å². The molecule has 1 atom stereocenters. The Morgan fingerprint density at radius 2 is 2.04 bits per heavy atom. The predicted octanol–water partition coefficient (Wildman–Crippen LogP) is 3.14. The number of carbonyl (C=O) groups excluding carboxylic acids is 2. The Kier molecular flexibility index (Phi) is 5.94. The Hall–Kier alpha value is -3.04. The van der Waals surface area contributed by atoms with Gasteiger partial charge < -0.3 is 14.8 Å². The molecule has 1 N–H and O–H groups in total. The number of nitriles is 1. The van der Waals surface area contributed by atoms with Crippen LogP contribution in [0, 0.1) is 17.2 Å². The molecule has 0 saturated heterocycles. The summed E-state index contributed by atoms with van der Waals surface area (Å²) in [6, 6.07) is 14.2. The molecule has 138 valence electrons. The molecule has 6 nitrogen and oxygen atoms in total. The topological polar surface area (TPSA) is 88.4 Å². The number of esters is 1. The highest BCUT2D eigenvalue weighted by Gasteiger charge is 2.28. The molecule has 7 heteroatoms. The van der Waals surface area contributed by atoms with Crippen LogP contribution < -0.4 is 10.1 Å². The summed E-state index contributed by atoms with van der Waals surface area (Å²) in [6.07, 6.45) is 0.764. The van der Waals surface area contributed by atoms with Crippen LogP contribution in [0.1, 0.15) is 11.1 Å². The summed E-state index contributed by atoms with van der Waals surface area (Å²) in [5, 5.41) is 11.9. The molecule has 0 radical (unpaired) electrons. The molecule has 0 unspecified atom stereocenters. The Morgan fingerprint density at radius 1 is 1.26 bits per heavy atom. The van der Waals surface area contributed by atoms with Gasteiger partial charge in [0.15, 0.2) is 6.61 Å². The van der Waals surface area contributed by atoms with Gasteiger partial charge in [0.05, 0.1) is 18.4 Å². The molecule has 3 rings (SSSR count). The van der Waals surface area contributed by atoms with Crippen molar-refractivity contribution in [2.24, 2.45) is 5.92 Å². The minimum Gasteiger partial charge on any atom is -0.492 e. The van der Waals surface area contributed by atoms with Crippen molar-refractivity contribution in [2.75, 3.05) is 18.5 Å². The second-order valence-electron chi connectivity index (χ2n) is 6.15. The largest absolute Gasteiger partial charge is 0.492 e. The van der Waals surface area contributed by atoms with Gasteiger partial charge in [0.1, 0.15) is 12.4 Å². The molecule has 1 amide bonds. The van der Waals surface area contributed by atoms with E-state index in [0.29, 0.717) is 29.3 Å². The SMILES string of the molecule is N#CCc1ccc(NC(=O)COC(=O)[C@@H]2COc3ccc(Cl)cc3C2)cc1. The van der Waals surface area contributed by atoms with E-state index in [2.05, 4.69) is 11.4 Å². The molecular formula is C20H17ClN2O4. The van der Waals surface area contributed by atoms with Crippen LogP contribution in [0.2, 0.25) is 5.02 Å². The highest BCUT2D eigenvalue weighted by molar-refractivity contribution is 6.30. The number of rotatable bonds is 5. The van der Waals surface area contributed by atoms with Gasteiger partial charge >= 0.3 is 5.97 Å². The number of carbonyl (C=O) groups is 2. The fraction of sp³-hybridized carbons (Fsp3) is 0.250. The molecule has 0 saturated carbocycles. The van der Waals surface area contributed by atoms with E-state index in [9.17, 15) is 9.59 Å². The van der Waals surface area contributed by atoms with E-state index < -0.39 is 17.8 Å². The van der Waals surface area contributed by atoms with Gasteiger partial charge in [0.2, 0.25) is 0 Å². The molecule has 0 aromatic heterocycles. The van der Waals surface area contributed by atoms with Gasteiger partial charge in [-0.05, 0) is 47.9 Å². The zero-order valence-electron chi connectivity index (χ0n) is 14.4. The standard InChI is InChI=1S/C20H17ClN2O4/c21-16-3-6-18-14(10-16)9-15(11-26-18)20(25)27-12-19(24)23-17-4-1-13(2-5-17)7-8-22/h1-6,10,15H,7,9,11-12H2,(H,23,24)/t15-/m0/s1. The Morgan fingerprint density at radius 3 is 2.78 bits per heavy atom. The molecule has 0 fully saturated rings. The number of hydrogen-bond donors (Lipinski definition) is 1. The summed E-state index contributed by atoms with van der Waals surface area (Å²) in [4.78, 5) is 24.2. The van der Waals surface area contributed by atoms with Gasteiger partial charge in [-0.1, -0.05) is 23.7 Å². The first-order valence-electron chi connectivity index (χ1n) is 8.39. The van der Waals surface area contributed by atoms with Crippen molar-refractivity contribution in [1.82, 2.24) is 0 Å². The summed E-state index contributed by atoms with van der Waals surface area (Å²) in [5.41, 5.74) is 2.28. The van der Waals surface area contributed by atoms with E-state index in [0.717, 1.165) is 11.1 Å². The maximum Gasteiger partial charge on any atom is 0.313 e. The summed E-state index contributed by atoms with van der Waals surface area (Å²) in [6.45, 7) is -0.173. The number of nitrogens with one attached hydrogen (secondary N) is 1. The van der Waals surface area contributed by atoms with E-state index in [1.807, 2.05) is 0 Å². The molecule has 1 heterocycles. The lowest BCUT2D eigenvalue weighted by molar-refractivity contribution is -0.152. The lowest BCUT2D eigenvalue weighted by Gasteiger charge is -2.24. The van der Waals surface area contributed by atoms with Gasteiger partial charge in [-0.15, -0.1) is 0 Å². The molecule has 0 bridgehead atoms. The highest BCUT2D eigenvalue weighted by Crippen LogP contribution is 2.30. The third-order valence-corrected chi connectivity index (χ3v) is 4.36. The first-order chi connectivity index (χ1) is 13.0. The summed E-state index contributed by atoms with van der Waals surface area (Å²) in [7, 11) is 0. The minimum atomic E-state index is -0.486. The number of ether oxygens (including phenoxy) is 2. The van der Waals surface area contributed by atoms with Crippen LogP contribution in [0.15, 0.2) is 42.5 Å². The molecule has 2 aromatic carbocycles. The van der Waals surface area contributed by atoms with Crippen molar-refractivity contribution in [1.29, 1.82) is 5.26 Å². The number of hydrogen-bond acceptors (Lipinski definition) is 5. The van der Waals surface area contributed by atoms with E-state index in [1.54, 1.807) is 42.5 Å². The lowest BCUT2D eigenvalue weighted by atomic mass is 9.97. The number of benzene rings is 2. The van der Waals surface area contributed by atoms with Gasteiger partial charge in [0, 0.05) is 10.7 Å². The zero-order valence-corrected chi connectivity index (χ0v) is 15.2. The number of nitrogens with zero attached hydrogens (tertiary/aromatic N) is 1. The lowest BCUT2D eigenvalue weighted by Crippen LogP contribution is -2.31. The minimum absolute atomic E-state index is 0.204. The first-order valence-corrected chi connectivity index (χ1v) is 8.76. The second-order valence-corrected chi connectivity index (χ2v) is 6.59. The quantitative estimate of drug-likeness (QED) is 0.800. The van der Waals surface area contributed by atoms with E-state index in [-0.39, 0.29) is 13.2 Å². The van der Waals surface area contributed by atoms with Crippen molar-refractivity contribution in [3.05, 3.63) is 58.6 Å². The maximum absolute atomic E-state index is 12.2. The second kappa shape index (κ2) is 8.56. The molecule has 0 spiro atoms. The Bertz CT molecular complexity index is 890. The molecule has 1 aliphatic rings. The van der Waals surface area contributed by atoms with Crippen LogP contribution in [0.25, 0.3) is 0 Å². The van der Waals surface area contributed by atoms with E-state index in [1.165, 1.54) is 0 Å². The fourth-order valence-corrected chi connectivity index (χ4v) is 2.96. The average Bonchev–Trinajstić information content (AvgIpc) is 2.67. The Balaban J connectivity index is 1.49. The predicted molar refractivity (Wildman–Crippen MR) is 99.5 cm³/mol. The summed E-state index contributed by atoms with van der Waals surface area (Å²) < 4.78 is 10.7. The highest BCUT2D eigenvalue weighted by atomic mass is 35.5. The van der Waals surface area contributed by atoms with Crippen LogP contribution >= 0.6 is 11.6 Å².